The van der Waals surface area contributed by atoms with Gasteiger partial charge in [0.15, 0.2) is 0 Å². The van der Waals surface area contributed by atoms with Gasteiger partial charge in [-0.25, -0.2) is 0 Å². The number of rotatable bonds is 2. The fraction of sp³-hybridized carbons (Fsp3) is 0.750. The number of carbonyl (C=O) groups excluding carboxylic acids is 2. The molecule has 0 bridgehead atoms. The Bertz CT molecular complexity index is 109. The minimum atomic E-state index is -1.08. The molecular weight excluding hydrogens is 238 g/mol. The van der Waals surface area contributed by atoms with Crippen LogP contribution >= 0.6 is 0 Å². The smallest absolute Gasteiger partial charge is 0.550 e. The van der Waals surface area contributed by atoms with E-state index in [1.165, 1.54) is 12.8 Å². The third-order valence-electron chi connectivity index (χ3n) is 0.558. The van der Waals surface area contributed by atoms with Crippen molar-refractivity contribution in [3.8, 4) is 0 Å². The first-order valence-corrected chi connectivity index (χ1v) is 3.93. The fourth-order valence-electron chi connectivity index (χ4n) is 0.204. The van der Waals surface area contributed by atoms with Gasteiger partial charge in [-0.15, -0.1) is 0 Å². The van der Waals surface area contributed by atoms with Gasteiger partial charge >= 0.3 is 17.1 Å². The normalized spacial score (nSPS) is 6.57. The van der Waals surface area contributed by atoms with Gasteiger partial charge in [0.05, 0.1) is 0 Å². The molecule has 0 aliphatic carbocycles. The van der Waals surface area contributed by atoms with E-state index >= 15 is 0 Å². The molecule has 0 aromatic heterocycles. The molecular formula is C8H17CuNO4. The van der Waals surface area contributed by atoms with Crippen molar-refractivity contribution in [1.82, 2.24) is 0 Å². The standard InChI is InChI=1S/C4H11N.2C2H4O2.Cu/c1-2-3-4-5;2*1-2(3)4;/h2-5H2,1H3;2*1H3,(H,3,4);/q;;;+2/p-2. The Kier molecular flexibility index (Phi) is 38.1. The molecule has 0 saturated carbocycles. The Morgan fingerprint density at radius 3 is 1.36 bits per heavy atom. The van der Waals surface area contributed by atoms with Crippen molar-refractivity contribution in [3.63, 3.8) is 0 Å². The van der Waals surface area contributed by atoms with Crippen LogP contribution in [0, 0.1) is 0 Å². The summed E-state index contributed by atoms with van der Waals surface area (Å²) >= 11 is 0. The molecule has 0 heterocycles. The maximum Gasteiger partial charge on any atom is 2.00 e. The van der Waals surface area contributed by atoms with Crippen LogP contribution in [0.15, 0.2) is 0 Å². The molecule has 5 nitrogen and oxygen atoms in total. The van der Waals surface area contributed by atoms with Gasteiger partial charge < -0.3 is 25.5 Å². The van der Waals surface area contributed by atoms with Crippen molar-refractivity contribution in [2.75, 3.05) is 6.54 Å². The molecule has 0 aromatic rings. The van der Waals surface area contributed by atoms with Crippen LogP contribution in [-0.4, -0.2) is 18.5 Å². The molecule has 0 fully saturated rings. The summed E-state index contributed by atoms with van der Waals surface area (Å²) in [5, 5.41) is 17.8. The van der Waals surface area contributed by atoms with E-state index in [4.69, 9.17) is 25.5 Å². The molecule has 0 aromatic carbocycles. The number of carboxylic acid groups (broad SMARTS) is 2. The van der Waals surface area contributed by atoms with Gasteiger partial charge in [-0.3, -0.25) is 0 Å². The molecule has 1 radical (unpaired) electrons. The summed E-state index contributed by atoms with van der Waals surface area (Å²) in [7, 11) is 0. The molecule has 0 spiro atoms. The van der Waals surface area contributed by atoms with Gasteiger partial charge in [0.25, 0.3) is 0 Å². The summed E-state index contributed by atoms with van der Waals surface area (Å²) in [5.74, 6) is -2.17. The third-order valence-corrected chi connectivity index (χ3v) is 0.558. The molecule has 6 heteroatoms. The Labute approximate surface area is 95.2 Å². The SMILES string of the molecule is CC(=O)[O-].CC(=O)[O-].CCCCN.[Cu+2]. The molecule has 0 rings (SSSR count). The number of aliphatic carboxylic acids is 2. The van der Waals surface area contributed by atoms with E-state index in [9.17, 15) is 0 Å². The number of carbonyl (C=O) groups is 2. The summed E-state index contributed by atoms with van der Waals surface area (Å²) < 4.78 is 0. The molecule has 0 aliphatic heterocycles. The predicted octanol–water partition coefficient (Wildman–Crippen LogP) is -1.74. The van der Waals surface area contributed by atoms with Gasteiger partial charge in [-0.2, -0.15) is 0 Å². The average Bonchev–Trinajstić information content (AvgIpc) is 1.86. The van der Waals surface area contributed by atoms with E-state index in [0.717, 1.165) is 20.4 Å². The van der Waals surface area contributed by atoms with E-state index in [1.54, 1.807) is 0 Å². The van der Waals surface area contributed by atoms with E-state index in [0.29, 0.717) is 0 Å². The van der Waals surface area contributed by atoms with Crippen molar-refractivity contribution in [2.24, 2.45) is 5.73 Å². The van der Waals surface area contributed by atoms with Crippen molar-refractivity contribution in [3.05, 3.63) is 0 Å². The minimum Gasteiger partial charge on any atom is -0.550 e. The monoisotopic (exact) mass is 254 g/mol. The Hall–Kier alpha value is -0.581. The molecule has 0 saturated heterocycles. The molecule has 0 atom stereocenters. The van der Waals surface area contributed by atoms with Crippen LogP contribution in [0.1, 0.15) is 33.6 Å². The van der Waals surface area contributed by atoms with Gasteiger partial charge in [-0.1, -0.05) is 13.3 Å². The van der Waals surface area contributed by atoms with Crippen molar-refractivity contribution >= 4 is 11.9 Å². The topological polar surface area (TPSA) is 106 Å². The quantitative estimate of drug-likeness (QED) is 0.589. The molecule has 89 valence electrons. The summed E-state index contributed by atoms with van der Waals surface area (Å²) in [5.41, 5.74) is 5.14. The number of hydrogen-bond acceptors (Lipinski definition) is 5. The summed E-state index contributed by atoms with van der Waals surface area (Å²) in [6, 6.07) is 0. The van der Waals surface area contributed by atoms with Gasteiger partial charge in [0, 0.05) is 11.9 Å². The van der Waals surface area contributed by atoms with E-state index in [-0.39, 0.29) is 17.1 Å². The van der Waals surface area contributed by atoms with Crippen LogP contribution in [0.25, 0.3) is 0 Å². The summed E-state index contributed by atoms with van der Waals surface area (Å²) in [6.07, 6.45) is 2.39. The maximum atomic E-state index is 8.89. The van der Waals surface area contributed by atoms with Crippen LogP contribution in [0.4, 0.5) is 0 Å². The summed E-state index contributed by atoms with van der Waals surface area (Å²) in [6.45, 7) is 4.92. The number of nitrogens with two attached hydrogens (primary N) is 1. The maximum absolute atomic E-state index is 8.89. The van der Waals surface area contributed by atoms with Crippen LogP contribution in [0.3, 0.4) is 0 Å². The van der Waals surface area contributed by atoms with Crippen LogP contribution < -0.4 is 15.9 Å². The zero-order valence-electron chi connectivity index (χ0n) is 8.63. The van der Waals surface area contributed by atoms with Crippen molar-refractivity contribution in [1.29, 1.82) is 0 Å². The summed E-state index contributed by atoms with van der Waals surface area (Å²) in [4.78, 5) is 17.8. The first-order valence-electron chi connectivity index (χ1n) is 3.93. The Balaban J connectivity index is -0.0000000522. The van der Waals surface area contributed by atoms with E-state index in [2.05, 4.69) is 6.92 Å². The first-order chi connectivity index (χ1) is 5.88. The van der Waals surface area contributed by atoms with Gasteiger partial charge in [0.2, 0.25) is 0 Å². The van der Waals surface area contributed by atoms with Crippen LogP contribution in [0.2, 0.25) is 0 Å². The largest absolute Gasteiger partial charge is 2.00 e. The number of carboxylic acids is 2. The number of hydrogen-bond donors (Lipinski definition) is 1. The number of unbranched alkanes of at least 4 members (excludes halogenated alkanes) is 1. The molecule has 0 aliphatic rings. The zero-order chi connectivity index (χ0) is 11.3. The second-order valence-corrected chi connectivity index (χ2v) is 2.13. The fourth-order valence-corrected chi connectivity index (χ4v) is 0.204. The third kappa shape index (κ3) is 615. The first kappa shape index (κ1) is 23.3. The molecule has 14 heavy (non-hydrogen) atoms. The van der Waals surface area contributed by atoms with Crippen molar-refractivity contribution < 1.29 is 36.9 Å². The second-order valence-electron chi connectivity index (χ2n) is 2.13. The van der Waals surface area contributed by atoms with Gasteiger partial charge in [-0.05, 0) is 26.8 Å². The Morgan fingerprint density at radius 1 is 1.14 bits per heavy atom. The van der Waals surface area contributed by atoms with Crippen LogP contribution in [-0.2, 0) is 26.7 Å². The average molecular weight is 255 g/mol. The van der Waals surface area contributed by atoms with Crippen molar-refractivity contribution in [2.45, 2.75) is 33.6 Å². The molecule has 2 N–H and O–H groups in total. The zero-order valence-corrected chi connectivity index (χ0v) is 9.57. The molecule has 0 unspecified atom stereocenters. The molecule has 0 amide bonds. The minimum absolute atomic E-state index is 0. The van der Waals surface area contributed by atoms with E-state index < -0.39 is 11.9 Å². The van der Waals surface area contributed by atoms with E-state index in [1.807, 2.05) is 0 Å². The predicted molar refractivity (Wildman–Crippen MR) is 45.3 cm³/mol. The Morgan fingerprint density at radius 2 is 1.36 bits per heavy atom. The van der Waals surface area contributed by atoms with Gasteiger partial charge in [0.1, 0.15) is 0 Å². The second kappa shape index (κ2) is 22.8. The van der Waals surface area contributed by atoms with Crippen LogP contribution in [0.5, 0.6) is 0 Å².